The third-order valence-corrected chi connectivity index (χ3v) is 12.0. The molecule has 3 heteroatoms. The summed E-state index contributed by atoms with van der Waals surface area (Å²) in [5, 5.41) is 4.24. The van der Waals surface area contributed by atoms with Crippen molar-refractivity contribution >= 4 is 13.1 Å². The fourth-order valence-electron chi connectivity index (χ4n) is 5.12. The first kappa shape index (κ1) is 32.4. The molecule has 0 aromatic heterocycles. The Morgan fingerprint density at radius 2 is 0.818 bits per heavy atom. The van der Waals surface area contributed by atoms with Gasteiger partial charge in [-0.15, -0.1) is 0 Å². The molecular weight excluding hydrogens is 421 g/mol. The predicted octanol–water partition coefficient (Wildman–Crippen LogP) is 10.0. The van der Waals surface area contributed by atoms with Gasteiger partial charge in [-0.1, -0.05) is 0 Å². The topological polar surface area (TPSA) is 43.5 Å². The number of anilines is 1. The van der Waals surface area contributed by atoms with Gasteiger partial charge in [0.25, 0.3) is 0 Å². The van der Waals surface area contributed by atoms with Gasteiger partial charge in [0, 0.05) is 0 Å². The van der Waals surface area contributed by atoms with Gasteiger partial charge in [-0.05, 0) is 0 Å². The van der Waals surface area contributed by atoms with Crippen molar-refractivity contribution in [2.24, 2.45) is 0 Å². The van der Waals surface area contributed by atoms with Crippen LogP contribution in [-0.2, 0) is 0 Å². The van der Waals surface area contributed by atoms with Crippen LogP contribution in [0.15, 0.2) is 30.3 Å². The molecule has 0 bridgehead atoms. The zero-order chi connectivity index (χ0) is 23.2. The summed E-state index contributed by atoms with van der Waals surface area (Å²) in [5.74, 6) is 0. The van der Waals surface area contributed by atoms with Crippen LogP contribution in [0.2, 0.25) is 0 Å². The summed E-state index contributed by atoms with van der Waals surface area (Å²) in [6.07, 6.45) is 30.1. The molecular formula is C30H60NOP. The second-order valence-corrected chi connectivity index (χ2v) is 14.6. The number of para-hydroxylation sites is 1. The fraction of sp³-hybridized carbons (Fsp3) is 0.800. The molecule has 0 aliphatic heterocycles. The average molecular weight is 482 g/mol. The van der Waals surface area contributed by atoms with E-state index in [2.05, 4.69) is 56.2 Å². The predicted molar refractivity (Wildman–Crippen MR) is 157 cm³/mol. The monoisotopic (exact) mass is 481 g/mol. The maximum Gasteiger partial charge on any atom is -0.412 e. The van der Waals surface area contributed by atoms with Crippen LogP contribution >= 0.6 is 7.41 Å². The number of unbranched alkanes of at least 4 members (excludes halogenated alkanes) is 15. The largest absolute Gasteiger partial charge is 0.412 e. The standard InChI is InChI=1S/C30H58NP.H2O/c1-4-7-10-13-16-22-27-32(28-23-17-14-11-8-5-2,29-24-18-15-12-9-6-3)31-30-25-20-19-21-26-30;/h19-21,25-26,31-32H,4-18,22-24,27-29H2,1-3H3;1H2. The van der Waals surface area contributed by atoms with Crippen LogP contribution in [0, 0.1) is 0 Å². The first-order valence-electron chi connectivity index (χ1n) is 14.6. The summed E-state index contributed by atoms with van der Waals surface area (Å²) < 4.78 is 0. The van der Waals surface area contributed by atoms with E-state index in [1.807, 2.05) is 0 Å². The van der Waals surface area contributed by atoms with E-state index in [0.717, 1.165) is 0 Å². The minimum absolute atomic E-state index is 0. The number of hydrogen-bond acceptors (Lipinski definition) is 1. The number of hydrogen-bond donors (Lipinski definition) is 1. The molecule has 0 atom stereocenters. The zero-order valence-electron chi connectivity index (χ0n) is 22.7. The van der Waals surface area contributed by atoms with Crippen molar-refractivity contribution in [2.75, 3.05) is 23.6 Å². The third kappa shape index (κ3) is 17.5. The van der Waals surface area contributed by atoms with Crippen molar-refractivity contribution in [2.45, 2.75) is 136 Å². The van der Waals surface area contributed by atoms with E-state index >= 15 is 0 Å². The fourth-order valence-corrected chi connectivity index (χ4v) is 9.81. The molecule has 196 valence electrons. The summed E-state index contributed by atoms with van der Waals surface area (Å²) in [7, 11) is -1.49. The van der Waals surface area contributed by atoms with E-state index in [0.29, 0.717) is 0 Å². The maximum absolute atomic E-state index is 4.24. The molecule has 0 fully saturated rings. The van der Waals surface area contributed by atoms with Gasteiger partial charge in [0.15, 0.2) is 0 Å². The minimum atomic E-state index is -1.49. The molecule has 0 amide bonds. The van der Waals surface area contributed by atoms with Crippen LogP contribution in [0.1, 0.15) is 136 Å². The van der Waals surface area contributed by atoms with E-state index in [9.17, 15) is 0 Å². The van der Waals surface area contributed by atoms with E-state index < -0.39 is 7.41 Å². The summed E-state index contributed by atoms with van der Waals surface area (Å²) in [6.45, 7) is 6.97. The molecule has 0 heterocycles. The van der Waals surface area contributed by atoms with Gasteiger partial charge >= 0.3 is 203 Å². The van der Waals surface area contributed by atoms with Crippen molar-refractivity contribution in [3.05, 3.63) is 30.3 Å². The van der Waals surface area contributed by atoms with Crippen LogP contribution in [0.5, 0.6) is 0 Å². The van der Waals surface area contributed by atoms with Crippen LogP contribution in [0.4, 0.5) is 5.69 Å². The molecule has 0 radical (unpaired) electrons. The van der Waals surface area contributed by atoms with Gasteiger partial charge in [0.2, 0.25) is 0 Å². The Bertz CT molecular complexity index is 466. The molecule has 2 nitrogen and oxygen atoms in total. The van der Waals surface area contributed by atoms with Crippen LogP contribution in [0.25, 0.3) is 0 Å². The maximum atomic E-state index is 4.24. The van der Waals surface area contributed by atoms with E-state index in [1.165, 1.54) is 140 Å². The Morgan fingerprint density at radius 1 is 0.485 bits per heavy atom. The molecule has 1 rings (SSSR count). The van der Waals surface area contributed by atoms with Crippen molar-refractivity contribution in [3.63, 3.8) is 0 Å². The van der Waals surface area contributed by atoms with Crippen molar-refractivity contribution in [3.8, 4) is 0 Å². The molecule has 0 spiro atoms. The second-order valence-electron chi connectivity index (χ2n) is 10.3. The summed E-state index contributed by atoms with van der Waals surface area (Å²) in [6, 6.07) is 11.2. The van der Waals surface area contributed by atoms with E-state index in [4.69, 9.17) is 0 Å². The molecule has 0 saturated carbocycles. The van der Waals surface area contributed by atoms with Gasteiger partial charge in [-0.25, -0.2) is 0 Å². The van der Waals surface area contributed by atoms with Crippen molar-refractivity contribution in [1.29, 1.82) is 0 Å². The quantitative estimate of drug-likeness (QED) is 0.123. The Hall–Kier alpha value is -0.590. The molecule has 3 N–H and O–H groups in total. The van der Waals surface area contributed by atoms with Crippen LogP contribution in [0.3, 0.4) is 0 Å². The van der Waals surface area contributed by atoms with E-state index in [1.54, 1.807) is 0 Å². The number of rotatable bonds is 23. The smallest absolute Gasteiger partial charge is 0.412 e. The van der Waals surface area contributed by atoms with Crippen LogP contribution < -0.4 is 5.09 Å². The number of nitrogens with one attached hydrogen (secondary N) is 1. The van der Waals surface area contributed by atoms with Gasteiger partial charge in [-0.2, -0.15) is 0 Å². The second kappa shape index (κ2) is 23.2. The Morgan fingerprint density at radius 3 is 1.18 bits per heavy atom. The van der Waals surface area contributed by atoms with Gasteiger partial charge < -0.3 is 5.48 Å². The van der Waals surface area contributed by atoms with Crippen LogP contribution in [-0.4, -0.2) is 24.0 Å². The molecule has 0 unspecified atom stereocenters. The Kier molecular flexibility index (Phi) is 22.8. The molecule has 0 aliphatic rings. The molecule has 0 saturated heterocycles. The number of benzene rings is 1. The van der Waals surface area contributed by atoms with Crippen molar-refractivity contribution in [1.82, 2.24) is 0 Å². The SMILES string of the molecule is CCCCCCCC[PH](CCCCCCCC)(CCCCCCCC)Nc1ccccc1.O. The van der Waals surface area contributed by atoms with Gasteiger partial charge in [0.1, 0.15) is 0 Å². The minimum Gasteiger partial charge on any atom is -0.412 e. The molecule has 0 aliphatic carbocycles. The zero-order valence-corrected chi connectivity index (χ0v) is 23.7. The van der Waals surface area contributed by atoms with E-state index in [-0.39, 0.29) is 5.48 Å². The average Bonchev–Trinajstić information content (AvgIpc) is 2.81. The molecule has 1 aromatic rings. The Balaban J connectivity index is 0.0000102. The first-order chi connectivity index (χ1) is 15.8. The van der Waals surface area contributed by atoms with Gasteiger partial charge in [0.05, 0.1) is 0 Å². The third-order valence-electron chi connectivity index (χ3n) is 7.21. The summed E-state index contributed by atoms with van der Waals surface area (Å²) in [5.41, 5.74) is 1.39. The Labute approximate surface area is 208 Å². The molecule has 33 heavy (non-hydrogen) atoms. The first-order valence-corrected chi connectivity index (χ1v) is 17.2. The van der Waals surface area contributed by atoms with Gasteiger partial charge in [-0.3, -0.25) is 0 Å². The van der Waals surface area contributed by atoms with Crippen molar-refractivity contribution < 1.29 is 5.48 Å². The molecule has 1 aromatic carbocycles. The summed E-state index contributed by atoms with van der Waals surface area (Å²) >= 11 is 0. The summed E-state index contributed by atoms with van der Waals surface area (Å²) in [4.78, 5) is 0. The normalized spacial score (nSPS) is 11.8.